The Morgan fingerprint density at radius 2 is 1.68 bits per heavy atom. The number of rotatable bonds is 7. The molecule has 41 heavy (non-hydrogen) atoms. The van der Waals surface area contributed by atoms with Gasteiger partial charge in [0.1, 0.15) is 23.1 Å². The van der Waals surface area contributed by atoms with Gasteiger partial charge in [-0.05, 0) is 68.3 Å². The number of carbonyl (C=O) groups is 1. The second-order valence-electron chi connectivity index (χ2n) is 9.48. The molecule has 1 aliphatic carbocycles. The van der Waals surface area contributed by atoms with Crippen molar-refractivity contribution in [2.24, 2.45) is 0 Å². The van der Waals surface area contributed by atoms with E-state index in [1.807, 2.05) is 43.3 Å². The summed E-state index contributed by atoms with van der Waals surface area (Å²) in [7, 11) is 1.60. The maximum absolute atomic E-state index is 13.1. The molecule has 218 valence electrons. The zero-order chi connectivity index (χ0) is 26.5. The van der Waals surface area contributed by atoms with Crippen molar-refractivity contribution in [1.29, 1.82) is 5.41 Å². The van der Waals surface area contributed by atoms with Gasteiger partial charge in [0.05, 0.1) is 12.6 Å². The number of nitrogens with one attached hydrogen (secondary N) is 4. The van der Waals surface area contributed by atoms with Crippen LogP contribution < -0.4 is 20.7 Å². The molecular formula is C29H34Cl3N7O2. The molecule has 1 aliphatic rings. The van der Waals surface area contributed by atoms with Crippen LogP contribution >= 0.6 is 37.2 Å². The first-order chi connectivity index (χ1) is 18.5. The van der Waals surface area contributed by atoms with Crippen LogP contribution in [0.1, 0.15) is 47.6 Å². The highest BCUT2D eigenvalue weighted by atomic mass is 35.5. The van der Waals surface area contributed by atoms with E-state index in [2.05, 4.69) is 30.9 Å². The number of methoxy groups -OCH3 is 1. The minimum absolute atomic E-state index is 0. The van der Waals surface area contributed by atoms with E-state index in [-0.39, 0.29) is 55.1 Å². The van der Waals surface area contributed by atoms with Gasteiger partial charge in [0.2, 0.25) is 5.82 Å². The number of anilines is 2. The summed E-state index contributed by atoms with van der Waals surface area (Å²) in [6.45, 7) is 2.02. The van der Waals surface area contributed by atoms with E-state index in [4.69, 9.17) is 10.1 Å². The van der Waals surface area contributed by atoms with Crippen LogP contribution in [-0.4, -0.2) is 45.9 Å². The predicted molar refractivity (Wildman–Crippen MR) is 171 cm³/mol. The Morgan fingerprint density at radius 3 is 2.37 bits per heavy atom. The molecule has 0 aliphatic heterocycles. The van der Waals surface area contributed by atoms with Gasteiger partial charge < -0.3 is 20.7 Å². The Bertz CT molecular complexity index is 1460. The summed E-state index contributed by atoms with van der Waals surface area (Å²) >= 11 is 0. The molecule has 2 atom stereocenters. The van der Waals surface area contributed by atoms with E-state index in [9.17, 15) is 4.79 Å². The zero-order valence-electron chi connectivity index (χ0n) is 22.7. The number of aromatic nitrogens is 3. The van der Waals surface area contributed by atoms with E-state index < -0.39 is 5.91 Å². The van der Waals surface area contributed by atoms with Crippen molar-refractivity contribution in [3.05, 3.63) is 83.9 Å². The molecule has 0 bridgehead atoms. The molecule has 4 aromatic rings. The Balaban J connectivity index is 0.00000196. The van der Waals surface area contributed by atoms with Gasteiger partial charge in [-0.1, -0.05) is 30.5 Å². The molecule has 0 saturated heterocycles. The van der Waals surface area contributed by atoms with E-state index in [0.29, 0.717) is 34.3 Å². The van der Waals surface area contributed by atoms with Crippen molar-refractivity contribution in [1.82, 2.24) is 20.3 Å². The smallest absolute Gasteiger partial charge is 0.293 e. The number of aryl methyl sites for hydroxylation is 1. The quantitative estimate of drug-likeness (QED) is 0.144. The number of amides is 1. The number of amidine groups is 1. The number of hydrogen-bond donors (Lipinski definition) is 4. The number of halogens is 3. The lowest BCUT2D eigenvalue weighted by Gasteiger charge is -2.34. The summed E-state index contributed by atoms with van der Waals surface area (Å²) in [6, 6.07) is 18.6. The first kappa shape index (κ1) is 33.5. The SMILES string of the molecule is COc1ccc(NC(=O)c2nc(N[C@H]3CCCC[C@H]3NC(=N)c3ccccn3)c3cc(C)ccc3n2)cc1.Cl.Cl.Cl. The van der Waals surface area contributed by atoms with E-state index in [0.717, 1.165) is 36.6 Å². The molecule has 0 radical (unpaired) electrons. The molecule has 2 aromatic carbocycles. The van der Waals surface area contributed by atoms with Crippen molar-refractivity contribution in [3.63, 3.8) is 0 Å². The summed E-state index contributed by atoms with van der Waals surface area (Å²) < 4.78 is 5.19. The normalized spacial score (nSPS) is 15.8. The summed E-state index contributed by atoms with van der Waals surface area (Å²) in [5, 5.41) is 19.2. The number of pyridine rings is 1. The molecule has 0 spiro atoms. The fourth-order valence-electron chi connectivity index (χ4n) is 4.74. The van der Waals surface area contributed by atoms with Crippen molar-refractivity contribution >= 4 is 71.4 Å². The maximum Gasteiger partial charge on any atom is 0.293 e. The Morgan fingerprint density at radius 1 is 0.951 bits per heavy atom. The molecule has 2 heterocycles. The second-order valence-corrected chi connectivity index (χ2v) is 9.48. The van der Waals surface area contributed by atoms with Gasteiger partial charge in [0, 0.05) is 29.4 Å². The van der Waals surface area contributed by atoms with Crippen molar-refractivity contribution < 1.29 is 9.53 Å². The summed E-state index contributed by atoms with van der Waals surface area (Å²) in [4.78, 5) is 26.7. The number of carbonyl (C=O) groups excluding carboxylic acids is 1. The highest BCUT2D eigenvalue weighted by molar-refractivity contribution is 6.04. The van der Waals surface area contributed by atoms with E-state index in [1.165, 1.54) is 0 Å². The first-order valence-electron chi connectivity index (χ1n) is 12.8. The number of hydrogen-bond acceptors (Lipinski definition) is 7. The molecular weight excluding hydrogens is 585 g/mol. The third kappa shape index (κ3) is 8.19. The van der Waals surface area contributed by atoms with Gasteiger partial charge in [-0.15, -0.1) is 37.2 Å². The van der Waals surface area contributed by atoms with Gasteiger partial charge in [-0.3, -0.25) is 15.2 Å². The van der Waals surface area contributed by atoms with Gasteiger partial charge in [0.15, 0.2) is 0 Å². The summed E-state index contributed by atoms with van der Waals surface area (Å²) in [5.41, 5.74) is 3.00. The Kier molecular flexibility index (Phi) is 12.6. The monoisotopic (exact) mass is 617 g/mol. The average molecular weight is 619 g/mol. The van der Waals surface area contributed by atoms with Gasteiger partial charge >= 0.3 is 0 Å². The topological polar surface area (TPSA) is 125 Å². The van der Waals surface area contributed by atoms with Gasteiger partial charge in [-0.2, -0.15) is 0 Å². The third-order valence-electron chi connectivity index (χ3n) is 6.74. The molecule has 1 saturated carbocycles. The standard InChI is InChI=1S/C29H31N7O2.3ClH/c1-18-10-15-22-21(17-18)27(36-28(34-22)29(37)32-19-11-13-20(38-2)14-12-19)35-24-8-4-3-7-23(24)33-26(30)25-9-5-6-16-31-25;;;/h5-6,9-17,23-24H,3-4,7-8H2,1-2H3,(H2,30,33)(H,32,37)(H,34,35,36);3*1H/t23-,24+;;;/m1.../s1. The second kappa shape index (κ2) is 15.4. The number of fused-ring (bicyclic) bond motifs is 1. The Labute approximate surface area is 258 Å². The lowest BCUT2D eigenvalue weighted by Crippen LogP contribution is -2.48. The van der Waals surface area contributed by atoms with Crippen LogP contribution in [0, 0.1) is 12.3 Å². The molecule has 9 nitrogen and oxygen atoms in total. The highest BCUT2D eigenvalue weighted by Crippen LogP contribution is 2.27. The molecule has 2 aromatic heterocycles. The number of nitrogens with zero attached hydrogens (tertiary/aromatic N) is 3. The van der Waals surface area contributed by atoms with Crippen molar-refractivity contribution in [2.45, 2.75) is 44.7 Å². The van der Waals surface area contributed by atoms with E-state index in [1.54, 1.807) is 37.6 Å². The zero-order valence-corrected chi connectivity index (χ0v) is 25.2. The van der Waals surface area contributed by atoms with Crippen LogP contribution in [0.2, 0.25) is 0 Å². The summed E-state index contributed by atoms with van der Waals surface area (Å²) in [5.74, 6) is 1.31. The first-order valence-corrected chi connectivity index (χ1v) is 12.8. The number of benzene rings is 2. The lowest BCUT2D eigenvalue weighted by molar-refractivity contribution is 0.101. The van der Waals surface area contributed by atoms with Gasteiger partial charge in [0.25, 0.3) is 5.91 Å². The van der Waals surface area contributed by atoms with Crippen LogP contribution in [0.4, 0.5) is 11.5 Å². The van der Waals surface area contributed by atoms with E-state index >= 15 is 0 Å². The molecule has 5 rings (SSSR count). The molecule has 4 N–H and O–H groups in total. The Hall–Kier alpha value is -3.66. The minimum Gasteiger partial charge on any atom is -0.497 e. The molecule has 1 amide bonds. The fraction of sp³-hybridized carbons (Fsp3) is 0.276. The third-order valence-corrected chi connectivity index (χ3v) is 6.74. The molecule has 12 heteroatoms. The number of ether oxygens (including phenoxy) is 1. The molecule has 0 unspecified atom stereocenters. The van der Waals surface area contributed by atoms with Crippen LogP contribution in [0.3, 0.4) is 0 Å². The maximum atomic E-state index is 13.1. The minimum atomic E-state index is -0.393. The molecule has 1 fully saturated rings. The lowest BCUT2D eigenvalue weighted by atomic mass is 9.90. The largest absolute Gasteiger partial charge is 0.497 e. The van der Waals surface area contributed by atoms with Crippen LogP contribution in [0.5, 0.6) is 5.75 Å². The highest BCUT2D eigenvalue weighted by Gasteiger charge is 2.27. The van der Waals surface area contributed by atoms with Crippen LogP contribution in [-0.2, 0) is 0 Å². The summed E-state index contributed by atoms with van der Waals surface area (Å²) in [6.07, 6.45) is 5.66. The van der Waals surface area contributed by atoms with Crippen LogP contribution in [0.15, 0.2) is 66.9 Å². The average Bonchev–Trinajstić information content (AvgIpc) is 2.95. The van der Waals surface area contributed by atoms with Crippen molar-refractivity contribution in [2.75, 3.05) is 17.7 Å². The van der Waals surface area contributed by atoms with Gasteiger partial charge in [-0.25, -0.2) is 9.97 Å². The predicted octanol–water partition coefficient (Wildman–Crippen LogP) is 6.20. The van der Waals surface area contributed by atoms with Crippen LogP contribution in [0.25, 0.3) is 10.9 Å². The fourth-order valence-corrected chi connectivity index (χ4v) is 4.74. The van der Waals surface area contributed by atoms with Crippen molar-refractivity contribution in [3.8, 4) is 5.75 Å².